The summed E-state index contributed by atoms with van der Waals surface area (Å²) in [5.41, 5.74) is 1.35. The van der Waals surface area contributed by atoms with Crippen LogP contribution in [-0.2, 0) is 6.42 Å². The van der Waals surface area contributed by atoms with E-state index in [0.717, 1.165) is 24.6 Å². The van der Waals surface area contributed by atoms with Crippen LogP contribution in [0.25, 0.3) is 10.9 Å². The molecule has 0 atom stereocenters. The van der Waals surface area contributed by atoms with Crippen LogP contribution in [0.3, 0.4) is 0 Å². The van der Waals surface area contributed by atoms with Crippen LogP contribution in [0.15, 0.2) is 30.5 Å². The zero-order valence-electron chi connectivity index (χ0n) is 9.79. The smallest absolute Gasteiger partial charge is 0.279 e. The van der Waals surface area contributed by atoms with Gasteiger partial charge < -0.3 is 0 Å². The van der Waals surface area contributed by atoms with Crippen molar-refractivity contribution >= 4 is 16.8 Å². The molecule has 0 amide bonds. The number of aryl methyl sites for hydroxylation is 1. The minimum absolute atomic E-state index is 0.289. The minimum atomic E-state index is -4.85. The fraction of sp³-hybridized carbons (Fsp3) is 0.308. The molecule has 2 aromatic rings. The molecule has 0 saturated carbocycles. The topological polar surface area (TPSA) is 22.0 Å². The summed E-state index contributed by atoms with van der Waals surface area (Å²) in [6.45, 7) is 2.03. The highest BCUT2D eigenvalue weighted by Gasteiger charge is 2.40. The molecule has 1 aromatic heterocycles. The molecule has 0 aliphatic carbocycles. The number of rotatable bonds is 2. The molecule has 0 radical (unpaired) electrons. The highest BCUT2D eigenvalue weighted by Crippen LogP contribution is 2.23. The highest BCUT2D eigenvalue weighted by molar-refractivity contribution is 5.95. The predicted molar refractivity (Wildman–Crippen MR) is 62.6 cm³/mol. The van der Waals surface area contributed by atoms with Crippen LogP contribution in [0.5, 0.6) is 0 Å². The lowest BCUT2D eigenvalue weighted by Crippen LogP contribution is -2.28. The second-order valence-corrected chi connectivity index (χ2v) is 4.13. The third-order valence-corrected chi connectivity index (χ3v) is 2.75. The Labute approximate surface area is 102 Å². The Bertz CT molecular complexity index is 583. The Morgan fingerprint density at radius 2 is 2.00 bits per heavy atom. The Hall–Kier alpha value is -1.78. The van der Waals surface area contributed by atoms with Gasteiger partial charge in [-0.15, -0.1) is 0 Å². The Balaban J connectivity index is 2.46. The van der Waals surface area contributed by atoms with Gasteiger partial charge in [0.15, 0.2) is 0 Å². The molecule has 2 rings (SSSR count). The lowest BCUT2D eigenvalue weighted by Gasteiger charge is -2.07. The number of benzene rings is 1. The van der Waals surface area contributed by atoms with E-state index >= 15 is 0 Å². The van der Waals surface area contributed by atoms with Gasteiger partial charge in [-0.3, -0.25) is 9.36 Å². The van der Waals surface area contributed by atoms with Crippen molar-refractivity contribution in [2.24, 2.45) is 0 Å². The number of carbonyl (C=O) groups is 1. The SMILES string of the molecule is CCCc1ccc2c(ccn2C(=O)C(F)(F)F)c1. The van der Waals surface area contributed by atoms with Crippen LogP contribution in [0, 0.1) is 0 Å². The van der Waals surface area contributed by atoms with Crippen LogP contribution in [-0.4, -0.2) is 16.7 Å². The molecule has 0 N–H and O–H groups in total. The largest absolute Gasteiger partial charge is 0.472 e. The fourth-order valence-electron chi connectivity index (χ4n) is 1.95. The summed E-state index contributed by atoms with van der Waals surface area (Å²) in [4.78, 5) is 11.2. The van der Waals surface area contributed by atoms with Gasteiger partial charge in [0.05, 0.1) is 5.52 Å². The van der Waals surface area contributed by atoms with Gasteiger partial charge >= 0.3 is 12.1 Å². The lowest BCUT2D eigenvalue weighted by atomic mass is 10.1. The number of alkyl halides is 3. The van der Waals surface area contributed by atoms with Gasteiger partial charge in [0.1, 0.15) is 0 Å². The summed E-state index contributed by atoms with van der Waals surface area (Å²) < 4.78 is 37.8. The lowest BCUT2D eigenvalue weighted by molar-refractivity contribution is -0.0942. The highest BCUT2D eigenvalue weighted by atomic mass is 19.4. The van der Waals surface area contributed by atoms with Gasteiger partial charge in [0, 0.05) is 11.6 Å². The zero-order chi connectivity index (χ0) is 13.3. The number of halogens is 3. The van der Waals surface area contributed by atoms with E-state index in [1.165, 1.54) is 6.07 Å². The molecular weight excluding hydrogens is 243 g/mol. The average molecular weight is 255 g/mol. The normalized spacial score (nSPS) is 12.0. The fourth-order valence-corrected chi connectivity index (χ4v) is 1.95. The van der Waals surface area contributed by atoms with E-state index in [9.17, 15) is 18.0 Å². The van der Waals surface area contributed by atoms with Gasteiger partial charge in [-0.1, -0.05) is 19.4 Å². The van der Waals surface area contributed by atoms with Crippen molar-refractivity contribution in [3.05, 3.63) is 36.0 Å². The second kappa shape index (κ2) is 4.48. The van der Waals surface area contributed by atoms with Crippen molar-refractivity contribution in [2.45, 2.75) is 25.9 Å². The van der Waals surface area contributed by atoms with E-state index in [2.05, 4.69) is 0 Å². The van der Waals surface area contributed by atoms with Crippen LogP contribution in [0.2, 0.25) is 0 Å². The third-order valence-electron chi connectivity index (χ3n) is 2.75. The molecule has 1 heterocycles. The molecule has 0 aliphatic heterocycles. The molecule has 1 aromatic carbocycles. The number of nitrogens with zero attached hydrogens (tertiary/aromatic N) is 1. The second-order valence-electron chi connectivity index (χ2n) is 4.13. The van der Waals surface area contributed by atoms with Crippen LogP contribution in [0.1, 0.15) is 23.7 Å². The quantitative estimate of drug-likeness (QED) is 0.800. The molecule has 0 aliphatic rings. The Kier molecular flexibility index (Phi) is 3.15. The first-order valence-electron chi connectivity index (χ1n) is 5.65. The molecule has 0 fully saturated rings. The Morgan fingerprint density at radius 3 is 2.61 bits per heavy atom. The number of aromatic nitrogens is 1. The molecule has 96 valence electrons. The van der Waals surface area contributed by atoms with Crippen molar-refractivity contribution in [1.29, 1.82) is 0 Å². The maximum Gasteiger partial charge on any atom is 0.472 e. The van der Waals surface area contributed by atoms with E-state index in [4.69, 9.17) is 0 Å². The molecule has 2 nitrogen and oxygen atoms in total. The van der Waals surface area contributed by atoms with E-state index in [1.807, 2.05) is 13.0 Å². The standard InChI is InChI=1S/C13H12F3NO/c1-2-3-9-4-5-11-10(8-9)6-7-17(11)12(18)13(14,15)16/h4-8H,2-3H2,1H3. The number of hydrogen-bond donors (Lipinski definition) is 0. The number of hydrogen-bond acceptors (Lipinski definition) is 1. The first-order valence-corrected chi connectivity index (χ1v) is 5.65. The molecule has 5 heteroatoms. The van der Waals surface area contributed by atoms with Crippen molar-refractivity contribution in [2.75, 3.05) is 0 Å². The van der Waals surface area contributed by atoms with Crippen molar-refractivity contribution in [3.8, 4) is 0 Å². The predicted octanol–water partition coefficient (Wildman–Crippen LogP) is 3.80. The van der Waals surface area contributed by atoms with E-state index in [0.29, 0.717) is 9.95 Å². The van der Waals surface area contributed by atoms with Crippen molar-refractivity contribution in [3.63, 3.8) is 0 Å². The minimum Gasteiger partial charge on any atom is -0.279 e. The van der Waals surface area contributed by atoms with Gasteiger partial charge in [-0.25, -0.2) is 0 Å². The summed E-state index contributed by atoms with van der Waals surface area (Å²) in [5.74, 6) is -1.86. The van der Waals surface area contributed by atoms with Crippen molar-refractivity contribution in [1.82, 2.24) is 4.57 Å². The summed E-state index contributed by atoms with van der Waals surface area (Å²) >= 11 is 0. The van der Waals surface area contributed by atoms with Gasteiger partial charge in [-0.05, 0) is 30.2 Å². The van der Waals surface area contributed by atoms with Gasteiger partial charge in [0.2, 0.25) is 0 Å². The molecular formula is C13H12F3NO. The number of carbonyl (C=O) groups excluding carboxylic acids is 1. The van der Waals surface area contributed by atoms with Crippen molar-refractivity contribution < 1.29 is 18.0 Å². The van der Waals surface area contributed by atoms with Crippen LogP contribution < -0.4 is 0 Å². The van der Waals surface area contributed by atoms with E-state index in [-0.39, 0.29) is 5.52 Å². The maximum absolute atomic E-state index is 12.4. The molecule has 18 heavy (non-hydrogen) atoms. The maximum atomic E-state index is 12.4. The molecule has 0 saturated heterocycles. The zero-order valence-corrected chi connectivity index (χ0v) is 9.79. The van der Waals surface area contributed by atoms with Crippen LogP contribution in [0.4, 0.5) is 13.2 Å². The van der Waals surface area contributed by atoms with Gasteiger partial charge in [-0.2, -0.15) is 13.2 Å². The third kappa shape index (κ3) is 2.25. The molecule has 0 spiro atoms. The van der Waals surface area contributed by atoms with Gasteiger partial charge in [0.25, 0.3) is 0 Å². The summed E-state index contributed by atoms with van der Waals surface area (Å²) in [7, 11) is 0. The summed E-state index contributed by atoms with van der Waals surface area (Å²) in [6.07, 6.45) is -1.85. The average Bonchev–Trinajstić information content (AvgIpc) is 2.70. The first-order chi connectivity index (χ1) is 8.43. The summed E-state index contributed by atoms with van der Waals surface area (Å²) in [6, 6.07) is 6.66. The monoisotopic (exact) mass is 255 g/mol. The molecule has 0 unspecified atom stereocenters. The van der Waals surface area contributed by atoms with E-state index in [1.54, 1.807) is 12.1 Å². The Morgan fingerprint density at radius 1 is 1.28 bits per heavy atom. The molecule has 0 bridgehead atoms. The first kappa shape index (κ1) is 12.7. The summed E-state index contributed by atoms with van der Waals surface area (Å²) in [5, 5.41) is 0.651. The van der Waals surface area contributed by atoms with Crippen LogP contribution >= 0.6 is 0 Å². The number of fused-ring (bicyclic) bond motifs is 1. The van der Waals surface area contributed by atoms with E-state index < -0.39 is 12.1 Å².